The minimum Gasteiger partial charge on any atom is -0.444 e. The lowest BCUT2D eigenvalue weighted by Gasteiger charge is -2.33. The molecule has 0 atom stereocenters. The molecule has 8 heteroatoms. The maximum Gasteiger partial charge on any atom is 0.410 e. The Morgan fingerprint density at radius 3 is 2.52 bits per heavy atom. The second-order valence-electron chi connectivity index (χ2n) is 10.7. The van der Waals surface area contributed by atoms with Gasteiger partial charge in [-0.3, -0.25) is 0 Å². The van der Waals surface area contributed by atoms with Crippen LogP contribution in [0.5, 0.6) is 0 Å². The number of hydrogen-bond donors (Lipinski definition) is 0. The van der Waals surface area contributed by atoms with Crippen LogP contribution < -0.4 is 0 Å². The van der Waals surface area contributed by atoms with Gasteiger partial charge in [0.2, 0.25) is 0 Å². The summed E-state index contributed by atoms with van der Waals surface area (Å²) in [7, 11) is -1.14. The Labute approximate surface area is 185 Å². The van der Waals surface area contributed by atoms with Crippen molar-refractivity contribution in [3.05, 3.63) is 29.7 Å². The Balaban J connectivity index is 1.66. The number of aromatic nitrogens is 2. The van der Waals surface area contributed by atoms with Crippen molar-refractivity contribution in [3.8, 4) is 0 Å². The molecule has 1 aliphatic rings. The fourth-order valence-corrected chi connectivity index (χ4v) is 4.52. The third-order valence-electron chi connectivity index (χ3n) is 5.56. The first-order valence-corrected chi connectivity index (χ1v) is 14.8. The first-order chi connectivity index (χ1) is 14.4. The van der Waals surface area contributed by atoms with Crippen molar-refractivity contribution in [2.45, 2.75) is 77.5 Å². The number of nitrogens with zero attached hydrogens (tertiary/aromatic N) is 3. The minimum absolute atomic E-state index is 0.0687. The summed E-state index contributed by atoms with van der Waals surface area (Å²) in [5, 5.41) is 5.17. The molecular weight excluding hydrogens is 413 g/mol. The molecule has 1 amide bonds. The third-order valence-corrected chi connectivity index (χ3v) is 7.26. The Kier molecular flexibility index (Phi) is 7.10. The van der Waals surface area contributed by atoms with Crippen LogP contribution in [0, 0.1) is 5.82 Å². The third kappa shape index (κ3) is 6.52. The number of hydrogen-bond acceptors (Lipinski definition) is 4. The summed E-state index contributed by atoms with van der Waals surface area (Å²) in [4.78, 5) is 14.0. The van der Waals surface area contributed by atoms with Crippen LogP contribution in [0.3, 0.4) is 0 Å². The van der Waals surface area contributed by atoms with Gasteiger partial charge in [-0.2, -0.15) is 5.10 Å². The van der Waals surface area contributed by atoms with Crippen molar-refractivity contribution >= 4 is 25.1 Å². The molecule has 31 heavy (non-hydrogen) atoms. The zero-order valence-corrected chi connectivity index (χ0v) is 20.7. The molecule has 6 nitrogen and oxygen atoms in total. The molecule has 172 valence electrons. The maximum absolute atomic E-state index is 14.9. The number of piperidine rings is 1. The van der Waals surface area contributed by atoms with E-state index in [0.717, 1.165) is 16.9 Å². The van der Waals surface area contributed by atoms with Crippen molar-refractivity contribution in [1.29, 1.82) is 0 Å². The van der Waals surface area contributed by atoms with E-state index in [-0.39, 0.29) is 17.8 Å². The van der Waals surface area contributed by atoms with Crippen LogP contribution in [0.25, 0.3) is 10.9 Å². The second kappa shape index (κ2) is 9.28. The van der Waals surface area contributed by atoms with E-state index < -0.39 is 13.7 Å². The van der Waals surface area contributed by atoms with Gasteiger partial charge in [-0.1, -0.05) is 19.6 Å². The number of carbonyl (C=O) groups excluding carboxylic acids is 1. The topological polar surface area (TPSA) is 56.6 Å². The van der Waals surface area contributed by atoms with Crippen LogP contribution in [-0.2, 0) is 16.2 Å². The minimum atomic E-state index is -1.14. The quantitative estimate of drug-likeness (QED) is 0.425. The standard InChI is InChI=1S/C23H36FN3O3Si/c1-23(2,3)30-22(28)26-9-7-17(8-10-26)19-14-21-18(13-20(19)24)15-25-27(21)16-29-11-12-31(4,5)6/h13-15,17H,7-12,16H2,1-6H3. The van der Waals surface area contributed by atoms with Gasteiger partial charge in [-0.05, 0) is 63.3 Å². The highest BCUT2D eigenvalue weighted by molar-refractivity contribution is 6.76. The van der Waals surface area contributed by atoms with Crippen molar-refractivity contribution in [3.63, 3.8) is 0 Å². The molecule has 0 spiro atoms. The largest absolute Gasteiger partial charge is 0.444 e. The fourth-order valence-electron chi connectivity index (χ4n) is 3.76. The van der Waals surface area contributed by atoms with Gasteiger partial charge in [0.05, 0.1) is 11.7 Å². The molecule has 0 N–H and O–H groups in total. The Hall–Kier alpha value is -1.93. The average Bonchev–Trinajstić information content (AvgIpc) is 3.04. The molecular formula is C23H36FN3O3Si. The summed E-state index contributed by atoms with van der Waals surface area (Å²) in [6, 6.07) is 4.58. The molecule has 3 rings (SSSR count). The number of ether oxygens (including phenoxy) is 2. The Morgan fingerprint density at radius 1 is 1.23 bits per heavy atom. The molecule has 1 fully saturated rings. The molecule has 1 aromatic carbocycles. The van der Waals surface area contributed by atoms with Crippen LogP contribution in [0.4, 0.5) is 9.18 Å². The summed E-state index contributed by atoms with van der Waals surface area (Å²) in [5.41, 5.74) is 1.07. The highest BCUT2D eigenvalue weighted by atomic mass is 28.3. The van der Waals surface area contributed by atoms with Crippen LogP contribution in [0.15, 0.2) is 18.3 Å². The van der Waals surface area contributed by atoms with Gasteiger partial charge in [-0.25, -0.2) is 13.9 Å². The molecule has 0 aliphatic carbocycles. The van der Waals surface area contributed by atoms with Crippen molar-refractivity contribution in [1.82, 2.24) is 14.7 Å². The number of halogens is 1. The van der Waals surface area contributed by atoms with Crippen LogP contribution in [0.2, 0.25) is 25.7 Å². The van der Waals surface area contributed by atoms with Gasteiger partial charge >= 0.3 is 6.09 Å². The molecule has 2 aromatic rings. The normalized spacial score (nSPS) is 16.2. The lowest BCUT2D eigenvalue weighted by atomic mass is 9.88. The van der Waals surface area contributed by atoms with Crippen LogP contribution in [-0.4, -0.2) is 54.1 Å². The number of carbonyl (C=O) groups is 1. The van der Waals surface area contributed by atoms with Crippen molar-refractivity contribution < 1.29 is 18.7 Å². The second-order valence-corrected chi connectivity index (χ2v) is 16.3. The summed E-state index contributed by atoms with van der Waals surface area (Å²) in [6.45, 7) is 14.8. The van der Waals surface area contributed by atoms with E-state index in [1.807, 2.05) is 26.8 Å². The van der Waals surface area contributed by atoms with Gasteiger partial charge in [0.25, 0.3) is 0 Å². The van der Waals surface area contributed by atoms with Crippen LogP contribution in [0.1, 0.15) is 45.1 Å². The van der Waals surface area contributed by atoms with E-state index in [0.29, 0.717) is 44.8 Å². The van der Waals surface area contributed by atoms with Gasteiger partial charge in [-0.15, -0.1) is 0 Å². The van der Waals surface area contributed by atoms with E-state index in [1.54, 1.807) is 21.8 Å². The number of rotatable bonds is 6. The molecule has 1 aromatic heterocycles. The number of amides is 1. The van der Waals surface area contributed by atoms with E-state index in [2.05, 4.69) is 24.7 Å². The number of benzene rings is 1. The van der Waals surface area contributed by atoms with Crippen molar-refractivity contribution in [2.24, 2.45) is 0 Å². The van der Waals surface area contributed by atoms with Gasteiger partial charge in [0, 0.05) is 33.2 Å². The SMILES string of the molecule is CC(C)(C)OC(=O)N1CCC(c2cc3c(cnn3COCC[Si](C)(C)C)cc2F)CC1. The molecule has 0 bridgehead atoms. The summed E-state index contributed by atoms with van der Waals surface area (Å²) in [5.74, 6) is -0.137. The fraction of sp³-hybridized carbons (Fsp3) is 0.652. The summed E-state index contributed by atoms with van der Waals surface area (Å²) < 4.78 is 28.0. The maximum atomic E-state index is 14.9. The Morgan fingerprint density at radius 2 is 1.90 bits per heavy atom. The van der Waals surface area contributed by atoms with E-state index >= 15 is 0 Å². The molecule has 0 radical (unpaired) electrons. The highest BCUT2D eigenvalue weighted by Crippen LogP contribution is 2.33. The molecule has 1 aliphatic heterocycles. The van der Waals surface area contributed by atoms with Crippen molar-refractivity contribution in [2.75, 3.05) is 19.7 Å². The smallest absolute Gasteiger partial charge is 0.410 e. The number of likely N-dealkylation sites (tertiary alicyclic amines) is 1. The van der Waals surface area contributed by atoms with Gasteiger partial charge in [0.1, 0.15) is 18.1 Å². The van der Waals surface area contributed by atoms with Crippen LogP contribution >= 0.6 is 0 Å². The first kappa shape index (κ1) is 23.7. The molecule has 2 heterocycles. The monoisotopic (exact) mass is 449 g/mol. The van der Waals surface area contributed by atoms with E-state index in [9.17, 15) is 9.18 Å². The van der Waals surface area contributed by atoms with E-state index in [4.69, 9.17) is 9.47 Å². The predicted octanol–water partition coefficient (Wildman–Crippen LogP) is 5.60. The molecule has 0 saturated carbocycles. The summed E-state index contributed by atoms with van der Waals surface area (Å²) in [6.07, 6.45) is 2.82. The van der Waals surface area contributed by atoms with Gasteiger partial charge in [0.15, 0.2) is 0 Å². The predicted molar refractivity (Wildman–Crippen MR) is 124 cm³/mol. The van der Waals surface area contributed by atoms with E-state index in [1.165, 1.54) is 0 Å². The molecule has 1 saturated heterocycles. The Bertz CT molecular complexity index is 909. The van der Waals surface area contributed by atoms with Gasteiger partial charge < -0.3 is 14.4 Å². The molecule has 0 unspecified atom stereocenters. The average molecular weight is 450 g/mol. The zero-order valence-electron chi connectivity index (χ0n) is 19.7. The number of fused-ring (bicyclic) bond motifs is 1. The highest BCUT2D eigenvalue weighted by Gasteiger charge is 2.29. The first-order valence-electron chi connectivity index (χ1n) is 11.1. The zero-order chi connectivity index (χ0) is 22.8. The lowest BCUT2D eigenvalue weighted by molar-refractivity contribution is 0.0204. The lowest BCUT2D eigenvalue weighted by Crippen LogP contribution is -2.41. The summed E-state index contributed by atoms with van der Waals surface area (Å²) >= 11 is 0.